The number of nitrogens with one attached hydrogen (secondary N) is 1. The minimum Gasteiger partial charge on any atom is -0.292 e. The standard InChI is InChI=1S/C21H19N5O/c1-14-7-8-15(2)18(13-14)24-26-19-6-4-3-5-17(19)23-21(26)20(25-27)16-9-11-22-12-10-16/h3-13,20,24H,1-2H3. The fourth-order valence-electron chi connectivity index (χ4n) is 3.13. The highest BCUT2D eigenvalue weighted by molar-refractivity contribution is 5.77. The number of nitroso groups, excluding NO2 is 1. The fraction of sp³-hybridized carbons (Fsp3) is 0.143. The second-order valence-electron chi connectivity index (χ2n) is 6.51. The summed E-state index contributed by atoms with van der Waals surface area (Å²) in [5.74, 6) is 0.540. The van der Waals surface area contributed by atoms with Gasteiger partial charge in [0.05, 0.1) is 16.7 Å². The molecule has 0 aliphatic carbocycles. The number of imidazole rings is 1. The third-order valence-corrected chi connectivity index (χ3v) is 4.58. The molecule has 0 bridgehead atoms. The van der Waals surface area contributed by atoms with Crippen LogP contribution in [0.3, 0.4) is 0 Å². The van der Waals surface area contributed by atoms with Crippen LogP contribution in [0.4, 0.5) is 5.69 Å². The smallest absolute Gasteiger partial charge is 0.176 e. The molecule has 4 rings (SSSR count). The molecule has 6 heteroatoms. The van der Waals surface area contributed by atoms with Crippen LogP contribution in [-0.4, -0.2) is 14.6 Å². The lowest BCUT2D eigenvalue weighted by molar-refractivity contribution is 0.738. The molecule has 0 aliphatic heterocycles. The van der Waals surface area contributed by atoms with Crippen molar-refractivity contribution in [2.45, 2.75) is 19.9 Å². The minimum atomic E-state index is -0.738. The molecule has 0 saturated heterocycles. The van der Waals surface area contributed by atoms with E-state index in [0.717, 1.165) is 33.4 Å². The Kier molecular flexibility index (Phi) is 4.38. The van der Waals surface area contributed by atoms with E-state index in [2.05, 4.69) is 33.8 Å². The van der Waals surface area contributed by atoms with Crippen molar-refractivity contribution < 1.29 is 0 Å². The van der Waals surface area contributed by atoms with Gasteiger partial charge >= 0.3 is 0 Å². The molecular weight excluding hydrogens is 338 g/mol. The van der Waals surface area contributed by atoms with Crippen LogP contribution in [0.5, 0.6) is 0 Å². The van der Waals surface area contributed by atoms with Gasteiger partial charge in [0.2, 0.25) is 0 Å². The Labute approximate surface area is 156 Å². The number of anilines is 1. The maximum Gasteiger partial charge on any atom is 0.176 e. The number of benzene rings is 2. The van der Waals surface area contributed by atoms with Crippen molar-refractivity contribution in [1.29, 1.82) is 0 Å². The Morgan fingerprint density at radius 3 is 2.59 bits per heavy atom. The third kappa shape index (κ3) is 3.17. The molecule has 0 spiro atoms. The van der Waals surface area contributed by atoms with Gasteiger partial charge in [-0.2, -0.15) is 0 Å². The molecule has 6 nitrogen and oxygen atoms in total. The average molecular weight is 357 g/mol. The fourth-order valence-corrected chi connectivity index (χ4v) is 3.13. The van der Waals surface area contributed by atoms with Crippen LogP contribution in [0.15, 0.2) is 72.2 Å². The van der Waals surface area contributed by atoms with E-state index < -0.39 is 6.04 Å². The summed E-state index contributed by atoms with van der Waals surface area (Å²) in [6.45, 7) is 4.09. The SMILES string of the molecule is Cc1ccc(C)c(Nn2c(C(N=O)c3ccncc3)nc3ccccc32)c1. The maximum atomic E-state index is 11.8. The quantitative estimate of drug-likeness (QED) is 0.522. The van der Waals surface area contributed by atoms with E-state index in [9.17, 15) is 4.91 Å². The number of nitrogens with zero attached hydrogens (tertiary/aromatic N) is 4. The zero-order valence-electron chi connectivity index (χ0n) is 15.1. The highest BCUT2D eigenvalue weighted by Crippen LogP contribution is 2.29. The summed E-state index contributed by atoms with van der Waals surface area (Å²) in [6.07, 6.45) is 3.30. The molecule has 4 aromatic rings. The summed E-state index contributed by atoms with van der Waals surface area (Å²) < 4.78 is 1.85. The molecule has 2 aromatic carbocycles. The lowest BCUT2D eigenvalue weighted by Gasteiger charge is -2.17. The molecule has 0 amide bonds. The van der Waals surface area contributed by atoms with Gasteiger partial charge in [0.15, 0.2) is 11.9 Å². The average Bonchev–Trinajstić information content (AvgIpc) is 3.04. The zero-order chi connectivity index (χ0) is 18.8. The second-order valence-corrected chi connectivity index (χ2v) is 6.51. The molecule has 0 radical (unpaired) electrons. The highest BCUT2D eigenvalue weighted by Gasteiger charge is 2.23. The van der Waals surface area contributed by atoms with Crippen LogP contribution in [-0.2, 0) is 0 Å². The Morgan fingerprint density at radius 1 is 1.04 bits per heavy atom. The first kappa shape index (κ1) is 16.9. The van der Waals surface area contributed by atoms with Gasteiger partial charge in [-0.1, -0.05) is 29.4 Å². The summed E-state index contributed by atoms with van der Waals surface area (Å²) >= 11 is 0. The van der Waals surface area contributed by atoms with Crippen molar-refractivity contribution in [2.75, 3.05) is 5.43 Å². The summed E-state index contributed by atoms with van der Waals surface area (Å²) in [5.41, 5.74) is 9.07. The summed E-state index contributed by atoms with van der Waals surface area (Å²) in [5, 5.41) is 3.36. The van der Waals surface area contributed by atoms with E-state index in [1.165, 1.54) is 0 Å². The minimum absolute atomic E-state index is 0.540. The molecule has 0 aliphatic rings. The number of hydrogen-bond acceptors (Lipinski definition) is 5. The Balaban J connectivity index is 1.89. The molecule has 1 unspecified atom stereocenters. The van der Waals surface area contributed by atoms with Crippen molar-refractivity contribution in [3.8, 4) is 0 Å². The van der Waals surface area contributed by atoms with Gasteiger partial charge in [0, 0.05) is 12.4 Å². The van der Waals surface area contributed by atoms with Crippen molar-refractivity contribution in [2.24, 2.45) is 5.18 Å². The largest absolute Gasteiger partial charge is 0.292 e. The number of aromatic nitrogens is 3. The van der Waals surface area contributed by atoms with E-state index in [1.54, 1.807) is 24.5 Å². The normalized spacial score (nSPS) is 12.1. The maximum absolute atomic E-state index is 11.8. The molecule has 1 atom stereocenters. The van der Waals surface area contributed by atoms with Crippen LogP contribution in [0.25, 0.3) is 11.0 Å². The van der Waals surface area contributed by atoms with Crippen molar-refractivity contribution in [1.82, 2.24) is 14.6 Å². The molecule has 0 saturated carbocycles. The van der Waals surface area contributed by atoms with E-state index in [-0.39, 0.29) is 0 Å². The Hall–Kier alpha value is -3.54. The van der Waals surface area contributed by atoms with Crippen molar-refractivity contribution >= 4 is 16.7 Å². The van der Waals surface area contributed by atoms with Gasteiger partial charge in [-0.15, -0.1) is 4.91 Å². The highest BCUT2D eigenvalue weighted by atomic mass is 16.3. The van der Waals surface area contributed by atoms with E-state index >= 15 is 0 Å². The third-order valence-electron chi connectivity index (χ3n) is 4.58. The number of pyridine rings is 1. The topological polar surface area (TPSA) is 72.2 Å². The van der Waals surface area contributed by atoms with E-state index in [4.69, 9.17) is 4.98 Å². The number of rotatable bonds is 5. The zero-order valence-corrected chi connectivity index (χ0v) is 15.1. The molecule has 27 heavy (non-hydrogen) atoms. The molecule has 2 aromatic heterocycles. The van der Waals surface area contributed by atoms with Gasteiger partial charge in [0.1, 0.15) is 0 Å². The van der Waals surface area contributed by atoms with Crippen LogP contribution in [0.2, 0.25) is 0 Å². The number of para-hydroxylation sites is 2. The van der Waals surface area contributed by atoms with Gasteiger partial charge in [0.25, 0.3) is 0 Å². The first-order valence-corrected chi connectivity index (χ1v) is 8.71. The lowest BCUT2D eigenvalue weighted by atomic mass is 10.1. The van der Waals surface area contributed by atoms with Crippen molar-refractivity contribution in [3.05, 3.63) is 94.4 Å². The molecule has 2 heterocycles. The monoisotopic (exact) mass is 357 g/mol. The molecular formula is C21H19N5O. The first-order valence-electron chi connectivity index (χ1n) is 8.71. The van der Waals surface area contributed by atoms with E-state index in [1.807, 2.05) is 42.8 Å². The summed E-state index contributed by atoms with van der Waals surface area (Å²) in [6, 6.07) is 16.8. The Morgan fingerprint density at radius 2 is 1.81 bits per heavy atom. The molecule has 134 valence electrons. The first-order chi connectivity index (χ1) is 13.2. The van der Waals surface area contributed by atoms with Crippen LogP contribution >= 0.6 is 0 Å². The summed E-state index contributed by atoms with van der Waals surface area (Å²) in [7, 11) is 0. The lowest BCUT2D eigenvalue weighted by Crippen LogP contribution is -2.16. The van der Waals surface area contributed by atoms with Gasteiger partial charge < -0.3 is 0 Å². The second kappa shape index (κ2) is 6.99. The van der Waals surface area contributed by atoms with Crippen LogP contribution in [0, 0.1) is 18.8 Å². The van der Waals surface area contributed by atoms with Crippen molar-refractivity contribution in [3.63, 3.8) is 0 Å². The van der Waals surface area contributed by atoms with Gasteiger partial charge in [-0.3, -0.25) is 10.4 Å². The predicted octanol–water partition coefficient (Wildman–Crippen LogP) is 4.78. The van der Waals surface area contributed by atoms with E-state index in [0.29, 0.717) is 5.82 Å². The predicted molar refractivity (Wildman–Crippen MR) is 107 cm³/mol. The number of fused-ring (bicyclic) bond motifs is 1. The summed E-state index contributed by atoms with van der Waals surface area (Å²) in [4.78, 5) is 20.5. The molecule has 1 N–H and O–H groups in total. The van der Waals surface area contributed by atoms with Gasteiger partial charge in [-0.25, -0.2) is 9.66 Å². The van der Waals surface area contributed by atoms with Crippen LogP contribution < -0.4 is 5.43 Å². The Bertz CT molecular complexity index is 1100. The number of aryl methyl sites for hydroxylation is 2. The molecule has 0 fully saturated rings. The van der Waals surface area contributed by atoms with Crippen LogP contribution in [0.1, 0.15) is 28.6 Å². The number of hydrogen-bond donors (Lipinski definition) is 1. The van der Waals surface area contributed by atoms with Gasteiger partial charge in [-0.05, 0) is 60.9 Å².